The van der Waals surface area contributed by atoms with E-state index in [0.717, 1.165) is 11.4 Å². The Bertz CT molecular complexity index is 1390. The van der Waals surface area contributed by atoms with Crippen LogP contribution in [-0.4, -0.2) is 55.6 Å². The van der Waals surface area contributed by atoms with E-state index in [1.165, 1.54) is 4.57 Å². The fourth-order valence-corrected chi connectivity index (χ4v) is 4.64. The highest BCUT2D eigenvalue weighted by molar-refractivity contribution is 6.01. The summed E-state index contributed by atoms with van der Waals surface area (Å²) in [7, 11) is 0. The number of benzene rings is 1. The fraction of sp³-hybridized carbons (Fsp3) is 0.375. The predicted molar refractivity (Wildman–Crippen MR) is 131 cm³/mol. The molecule has 11 heteroatoms. The number of nitrogen functional groups attached to an aromatic ring is 1. The standard InChI is InChI=1S/C24H29N7O4/c1-4-11-30-21(25)19(22(33)27-24(30)35)17(32)13-29-12-10-26-23(34)20(29)18-14(2)28-31(15(18)3)16-8-6-5-7-9-16/h5-9,20H,4,10-13,25H2,1-3H3,(H,26,34)(H,27,33,35). The van der Waals surface area contributed by atoms with Gasteiger partial charge in [0, 0.05) is 30.9 Å². The van der Waals surface area contributed by atoms with Crippen LogP contribution in [0.1, 0.15) is 46.7 Å². The molecule has 35 heavy (non-hydrogen) atoms. The van der Waals surface area contributed by atoms with Crippen molar-refractivity contribution in [3.05, 3.63) is 73.7 Å². The maximum atomic E-state index is 13.3. The lowest BCUT2D eigenvalue weighted by Crippen LogP contribution is -2.52. The van der Waals surface area contributed by atoms with Crippen molar-refractivity contribution in [2.24, 2.45) is 0 Å². The van der Waals surface area contributed by atoms with Crippen LogP contribution in [0.5, 0.6) is 0 Å². The summed E-state index contributed by atoms with van der Waals surface area (Å²) in [6.45, 7) is 6.37. The van der Waals surface area contributed by atoms with Gasteiger partial charge < -0.3 is 11.1 Å². The number of H-pyrrole nitrogens is 1. The van der Waals surface area contributed by atoms with Gasteiger partial charge in [-0.25, -0.2) is 9.48 Å². The van der Waals surface area contributed by atoms with Gasteiger partial charge >= 0.3 is 5.69 Å². The predicted octanol–water partition coefficient (Wildman–Crippen LogP) is 0.687. The van der Waals surface area contributed by atoms with Crippen LogP contribution in [-0.2, 0) is 11.3 Å². The number of piperazine rings is 1. The Morgan fingerprint density at radius 1 is 1.17 bits per heavy atom. The molecule has 2 aromatic heterocycles. The third-order valence-corrected chi connectivity index (χ3v) is 6.25. The van der Waals surface area contributed by atoms with E-state index in [1.54, 1.807) is 9.58 Å². The molecule has 1 aliphatic heterocycles. The number of nitrogens with one attached hydrogen (secondary N) is 2. The summed E-state index contributed by atoms with van der Waals surface area (Å²) in [6.07, 6.45) is 0.599. The summed E-state index contributed by atoms with van der Waals surface area (Å²) in [5.41, 5.74) is 7.34. The number of carbonyl (C=O) groups is 2. The van der Waals surface area contributed by atoms with E-state index in [0.29, 0.717) is 30.8 Å². The van der Waals surface area contributed by atoms with Gasteiger partial charge in [-0.2, -0.15) is 5.10 Å². The summed E-state index contributed by atoms with van der Waals surface area (Å²) in [6, 6.07) is 8.80. The molecule has 0 bridgehead atoms. The molecular formula is C24H29N7O4. The van der Waals surface area contributed by atoms with Gasteiger partial charge in [0.1, 0.15) is 17.4 Å². The van der Waals surface area contributed by atoms with Gasteiger partial charge in [0.25, 0.3) is 5.56 Å². The van der Waals surface area contributed by atoms with Gasteiger partial charge in [-0.15, -0.1) is 0 Å². The number of aryl methyl sites for hydroxylation is 1. The lowest BCUT2D eigenvalue weighted by molar-refractivity contribution is -0.129. The summed E-state index contributed by atoms with van der Waals surface area (Å²) >= 11 is 0. The number of carbonyl (C=O) groups excluding carboxylic acids is 2. The second kappa shape index (κ2) is 9.71. The number of aromatic amines is 1. The second-order valence-corrected chi connectivity index (χ2v) is 8.59. The number of hydrogen-bond acceptors (Lipinski definition) is 7. The number of ketones is 1. The number of amides is 1. The molecule has 184 valence electrons. The van der Waals surface area contributed by atoms with E-state index in [4.69, 9.17) is 5.73 Å². The fourth-order valence-electron chi connectivity index (χ4n) is 4.64. The minimum absolute atomic E-state index is 0.159. The van der Waals surface area contributed by atoms with Gasteiger partial charge in [0.05, 0.1) is 17.9 Å². The zero-order valence-electron chi connectivity index (χ0n) is 20.0. The third-order valence-electron chi connectivity index (χ3n) is 6.25. The van der Waals surface area contributed by atoms with E-state index < -0.39 is 23.1 Å². The first kappa shape index (κ1) is 24.1. The number of aromatic nitrogens is 4. The number of nitrogens with two attached hydrogens (primary N) is 1. The smallest absolute Gasteiger partial charge is 0.329 e. The van der Waals surface area contributed by atoms with Crippen molar-refractivity contribution in [3.63, 3.8) is 0 Å². The molecule has 4 rings (SSSR count). The van der Waals surface area contributed by atoms with Crippen LogP contribution in [0.15, 0.2) is 39.9 Å². The molecule has 1 unspecified atom stereocenters. The van der Waals surface area contributed by atoms with Crippen molar-refractivity contribution >= 4 is 17.5 Å². The maximum Gasteiger partial charge on any atom is 0.329 e. The molecular weight excluding hydrogens is 450 g/mol. The Balaban J connectivity index is 1.72. The van der Waals surface area contributed by atoms with Crippen molar-refractivity contribution < 1.29 is 9.59 Å². The first-order valence-corrected chi connectivity index (χ1v) is 11.5. The molecule has 0 saturated carbocycles. The van der Waals surface area contributed by atoms with E-state index in [1.807, 2.05) is 51.1 Å². The molecule has 0 aliphatic carbocycles. The van der Waals surface area contributed by atoms with Gasteiger partial charge in [-0.3, -0.25) is 28.8 Å². The van der Waals surface area contributed by atoms with Gasteiger partial charge in [0.2, 0.25) is 5.91 Å². The molecule has 1 fully saturated rings. The molecule has 1 aromatic carbocycles. The first-order chi connectivity index (χ1) is 16.7. The van der Waals surface area contributed by atoms with Crippen LogP contribution in [0.2, 0.25) is 0 Å². The van der Waals surface area contributed by atoms with Crippen LogP contribution in [0.3, 0.4) is 0 Å². The SMILES string of the molecule is CCCn1c(N)c(C(=O)CN2CCNC(=O)C2c2c(C)nn(-c3ccccc3)c2C)c(=O)[nH]c1=O. The van der Waals surface area contributed by atoms with E-state index in [-0.39, 0.29) is 30.4 Å². The lowest BCUT2D eigenvalue weighted by Gasteiger charge is -2.34. The van der Waals surface area contributed by atoms with Gasteiger partial charge in [0.15, 0.2) is 5.78 Å². The molecule has 1 saturated heterocycles. The topological polar surface area (TPSA) is 148 Å². The summed E-state index contributed by atoms with van der Waals surface area (Å²) in [4.78, 5) is 54.9. The molecule has 0 radical (unpaired) electrons. The molecule has 1 aliphatic rings. The Morgan fingerprint density at radius 3 is 2.57 bits per heavy atom. The number of hydrogen-bond donors (Lipinski definition) is 3. The zero-order chi connectivity index (χ0) is 25.3. The van der Waals surface area contributed by atoms with Gasteiger partial charge in [-0.05, 0) is 32.4 Å². The first-order valence-electron chi connectivity index (χ1n) is 11.5. The van der Waals surface area contributed by atoms with Gasteiger partial charge in [-0.1, -0.05) is 25.1 Å². The molecule has 3 heterocycles. The number of anilines is 1. The zero-order valence-corrected chi connectivity index (χ0v) is 20.0. The van der Waals surface area contributed by atoms with Crippen LogP contribution in [0.4, 0.5) is 5.82 Å². The van der Waals surface area contributed by atoms with Crippen LogP contribution < -0.4 is 22.3 Å². The Morgan fingerprint density at radius 2 is 1.89 bits per heavy atom. The summed E-state index contributed by atoms with van der Waals surface area (Å²) in [5.74, 6) is -0.965. The highest BCUT2D eigenvalue weighted by Gasteiger charge is 2.37. The highest BCUT2D eigenvalue weighted by Crippen LogP contribution is 2.30. The monoisotopic (exact) mass is 479 g/mol. The van der Waals surface area contributed by atoms with Crippen LogP contribution in [0, 0.1) is 13.8 Å². The Kier molecular flexibility index (Phi) is 6.70. The number of rotatable bonds is 7. The van der Waals surface area contributed by atoms with Crippen molar-refractivity contribution in [3.8, 4) is 5.69 Å². The highest BCUT2D eigenvalue weighted by atomic mass is 16.2. The average molecular weight is 480 g/mol. The number of Topliss-reactive ketones (excluding diaryl/α,β-unsaturated/α-hetero) is 1. The number of para-hydroxylation sites is 1. The lowest BCUT2D eigenvalue weighted by atomic mass is 9.99. The minimum atomic E-state index is -0.827. The molecule has 0 spiro atoms. The maximum absolute atomic E-state index is 13.3. The van der Waals surface area contributed by atoms with E-state index in [2.05, 4.69) is 15.4 Å². The summed E-state index contributed by atoms with van der Waals surface area (Å²) < 4.78 is 2.96. The Labute approximate surface area is 201 Å². The number of nitrogens with zero attached hydrogens (tertiary/aromatic N) is 4. The van der Waals surface area contributed by atoms with Crippen molar-refractivity contribution in [1.29, 1.82) is 0 Å². The molecule has 1 atom stereocenters. The largest absolute Gasteiger partial charge is 0.384 e. The summed E-state index contributed by atoms with van der Waals surface area (Å²) in [5, 5.41) is 7.51. The van der Waals surface area contributed by atoms with E-state index >= 15 is 0 Å². The van der Waals surface area contributed by atoms with Crippen molar-refractivity contribution in [2.45, 2.75) is 39.8 Å². The average Bonchev–Trinajstić information content (AvgIpc) is 3.11. The Hall–Kier alpha value is -3.99. The normalized spacial score (nSPS) is 16.3. The van der Waals surface area contributed by atoms with Crippen LogP contribution >= 0.6 is 0 Å². The van der Waals surface area contributed by atoms with E-state index in [9.17, 15) is 19.2 Å². The second-order valence-electron chi connectivity index (χ2n) is 8.59. The minimum Gasteiger partial charge on any atom is -0.384 e. The molecule has 4 N–H and O–H groups in total. The molecule has 1 amide bonds. The van der Waals surface area contributed by atoms with Crippen molar-refractivity contribution in [1.82, 2.24) is 29.5 Å². The third kappa shape index (κ3) is 4.42. The quantitative estimate of drug-likeness (QED) is 0.422. The van der Waals surface area contributed by atoms with Crippen LogP contribution in [0.25, 0.3) is 5.69 Å². The molecule has 3 aromatic rings. The molecule has 11 nitrogen and oxygen atoms in total. The van der Waals surface area contributed by atoms with Crippen molar-refractivity contribution in [2.75, 3.05) is 25.4 Å².